The summed E-state index contributed by atoms with van der Waals surface area (Å²) >= 11 is 5.78. The van der Waals surface area contributed by atoms with Crippen LogP contribution in [0.4, 0.5) is 17.6 Å². The summed E-state index contributed by atoms with van der Waals surface area (Å²) in [5, 5.41) is 82.8. The molecule has 11 nitrogen and oxygen atoms in total. The molecule has 9 N–H and O–H groups in total. The minimum atomic E-state index is -3.87. The van der Waals surface area contributed by atoms with Crippen molar-refractivity contribution in [1.29, 1.82) is 0 Å². The van der Waals surface area contributed by atoms with E-state index in [4.69, 9.17) is 26.6 Å². The predicted octanol–water partition coefficient (Wildman–Crippen LogP) is -0.872. The molecule has 2 heterocycles. The molecule has 236 valence electrons. The van der Waals surface area contributed by atoms with E-state index in [2.05, 4.69) is 4.74 Å². The monoisotopic (exact) mass is 630 g/mol. The maximum Gasteiger partial charge on any atom is 0.318 e. The fraction of sp³-hybridized carbons (Fsp3) is 0.538. The summed E-state index contributed by atoms with van der Waals surface area (Å²) in [5.74, 6) is -10.4. The van der Waals surface area contributed by atoms with Gasteiger partial charge in [-0.15, -0.1) is 0 Å². The highest BCUT2D eigenvalue weighted by atomic mass is 35.5. The number of ether oxygens (including phenoxy) is 2. The van der Waals surface area contributed by atoms with Crippen molar-refractivity contribution in [2.75, 3.05) is 13.2 Å². The fourth-order valence-corrected chi connectivity index (χ4v) is 4.82. The van der Waals surface area contributed by atoms with Gasteiger partial charge >= 0.3 is 11.8 Å². The van der Waals surface area contributed by atoms with Crippen LogP contribution >= 0.6 is 11.6 Å². The van der Waals surface area contributed by atoms with Gasteiger partial charge in [-0.05, 0) is 0 Å². The first-order chi connectivity index (χ1) is 19.5. The van der Waals surface area contributed by atoms with E-state index in [-0.39, 0.29) is 0 Å². The minimum absolute atomic E-state index is 0.502. The number of benzene rings is 2. The minimum Gasteiger partial charge on any atom is -0.394 e. The van der Waals surface area contributed by atoms with Crippen LogP contribution in [0.25, 0.3) is 0 Å². The Morgan fingerprint density at radius 2 is 1.17 bits per heavy atom. The van der Waals surface area contributed by atoms with Crippen LogP contribution in [-0.2, 0) is 21.3 Å². The Kier molecular flexibility index (Phi) is 10.6. The van der Waals surface area contributed by atoms with Gasteiger partial charge in [0.1, 0.15) is 42.7 Å². The van der Waals surface area contributed by atoms with Crippen LogP contribution in [0.5, 0.6) is 0 Å². The number of hydrogen-bond donors (Lipinski definition) is 9. The maximum absolute atomic E-state index is 14.6. The lowest BCUT2D eigenvalue weighted by molar-refractivity contribution is -0.382. The average molecular weight is 631 g/mol. The number of hydrogen-bond acceptors (Lipinski definition) is 11. The van der Waals surface area contributed by atoms with Gasteiger partial charge in [-0.25, -0.2) is 0 Å². The summed E-state index contributed by atoms with van der Waals surface area (Å²) in [5.41, 5.74) is -1.03. The van der Waals surface area contributed by atoms with Crippen molar-refractivity contribution >= 4 is 11.6 Å². The Bertz CT molecular complexity index is 1150. The number of aliphatic hydroxyl groups excluding tert-OH is 8. The van der Waals surface area contributed by atoms with Gasteiger partial charge in [-0.2, -0.15) is 17.6 Å². The fourth-order valence-electron chi connectivity index (χ4n) is 4.47. The zero-order valence-electron chi connectivity index (χ0n) is 21.5. The summed E-state index contributed by atoms with van der Waals surface area (Å²) in [6.07, 6.45) is -16.2. The smallest absolute Gasteiger partial charge is 0.318 e. The molecule has 0 bridgehead atoms. The molecule has 42 heavy (non-hydrogen) atoms. The van der Waals surface area contributed by atoms with Gasteiger partial charge in [0.15, 0.2) is 6.10 Å². The van der Waals surface area contributed by atoms with Gasteiger partial charge in [0.05, 0.1) is 13.2 Å². The lowest BCUT2D eigenvalue weighted by atomic mass is 9.88. The average Bonchev–Trinajstić information content (AvgIpc) is 2.99. The van der Waals surface area contributed by atoms with Crippen molar-refractivity contribution in [1.82, 2.24) is 0 Å². The Balaban J connectivity index is 0.000000230. The molecule has 2 aromatic carbocycles. The quantitative estimate of drug-likeness (QED) is 0.142. The SMILES string of the molecule is OCC1(O)O[C@@H](C(F)(F)c2ccccc2)[C@H](O)[C@@H](O)[C@@H]1O.OC[C@H]1OC(Cl)(C(F)(F)c2ccccc2)[C@H](O)[C@@H](O)[C@@H]1O. The Morgan fingerprint density at radius 3 is 1.64 bits per heavy atom. The van der Waals surface area contributed by atoms with Crippen molar-refractivity contribution in [2.45, 2.75) is 71.5 Å². The Morgan fingerprint density at radius 1 is 0.690 bits per heavy atom. The van der Waals surface area contributed by atoms with Crippen molar-refractivity contribution in [3.05, 3.63) is 71.8 Å². The molecular formula is C26H31ClF4O11. The lowest BCUT2D eigenvalue weighted by Crippen LogP contribution is -2.68. The summed E-state index contributed by atoms with van der Waals surface area (Å²) in [4.78, 5) is 0. The largest absolute Gasteiger partial charge is 0.394 e. The standard InChI is InChI=1S/C13H15ClF2O5.C13H16F2O6/c14-12(13(15,16)7-4-2-1-3-5-7)11(20)10(19)9(18)8(6-17)21-12;14-13(15,7-4-2-1-3-5-7)11-9(18)8(17)10(19)12(20,6-16)21-11/h1-5,8-11,17-20H,6H2;1-5,8-11,16-20H,6H2/t2*8-,9-,10+,11-,12?/m11/s1. The van der Waals surface area contributed by atoms with Crippen LogP contribution in [0, 0.1) is 0 Å². The lowest BCUT2D eigenvalue weighted by Gasteiger charge is -2.48. The van der Waals surface area contributed by atoms with E-state index in [0.717, 1.165) is 24.3 Å². The van der Waals surface area contributed by atoms with Gasteiger partial charge in [0.2, 0.25) is 10.8 Å². The molecule has 0 spiro atoms. The van der Waals surface area contributed by atoms with E-state index in [9.17, 15) is 53.3 Å². The number of halogens is 5. The third kappa shape index (κ3) is 6.15. The molecule has 0 aromatic heterocycles. The molecule has 0 saturated carbocycles. The number of alkyl halides is 5. The first-order valence-electron chi connectivity index (χ1n) is 12.4. The molecule has 16 heteroatoms. The van der Waals surface area contributed by atoms with Gasteiger partial charge in [0, 0.05) is 11.1 Å². The zero-order chi connectivity index (χ0) is 31.7. The van der Waals surface area contributed by atoms with E-state index in [1.54, 1.807) is 0 Å². The summed E-state index contributed by atoms with van der Waals surface area (Å²) in [7, 11) is 0. The van der Waals surface area contributed by atoms with Crippen LogP contribution in [0.15, 0.2) is 60.7 Å². The Hall–Kier alpha value is -1.99. The third-order valence-corrected chi connectivity index (χ3v) is 7.57. The van der Waals surface area contributed by atoms with Crippen LogP contribution in [0.2, 0.25) is 0 Å². The van der Waals surface area contributed by atoms with Crippen molar-refractivity contribution in [2.24, 2.45) is 0 Å². The molecule has 0 radical (unpaired) electrons. The highest BCUT2D eigenvalue weighted by molar-refractivity contribution is 6.24. The molecule has 0 amide bonds. The first-order valence-corrected chi connectivity index (χ1v) is 12.8. The number of aliphatic hydroxyl groups is 9. The van der Waals surface area contributed by atoms with Crippen LogP contribution in [0.1, 0.15) is 11.1 Å². The van der Waals surface area contributed by atoms with E-state index in [0.29, 0.717) is 0 Å². The second-order valence-corrected chi connectivity index (χ2v) is 10.4. The Labute approximate surface area is 241 Å². The topological polar surface area (TPSA) is 201 Å². The first kappa shape index (κ1) is 34.5. The van der Waals surface area contributed by atoms with E-state index in [1.807, 2.05) is 0 Å². The van der Waals surface area contributed by atoms with E-state index < -0.39 is 95.9 Å². The summed E-state index contributed by atoms with van der Waals surface area (Å²) in [6, 6.07) is 12.8. The van der Waals surface area contributed by atoms with Gasteiger partial charge in [-0.3, -0.25) is 0 Å². The van der Waals surface area contributed by atoms with E-state index in [1.165, 1.54) is 36.4 Å². The molecule has 2 aliphatic heterocycles. The van der Waals surface area contributed by atoms with Crippen molar-refractivity contribution in [3.63, 3.8) is 0 Å². The highest BCUT2D eigenvalue weighted by Gasteiger charge is 2.66. The van der Waals surface area contributed by atoms with E-state index >= 15 is 0 Å². The van der Waals surface area contributed by atoms with Crippen LogP contribution in [0.3, 0.4) is 0 Å². The molecule has 2 fully saturated rings. The molecule has 0 aliphatic carbocycles. The zero-order valence-corrected chi connectivity index (χ0v) is 22.3. The van der Waals surface area contributed by atoms with Crippen LogP contribution in [-0.4, -0.2) is 119 Å². The molecule has 2 unspecified atom stereocenters. The maximum atomic E-state index is 14.6. The highest BCUT2D eigenvalue weighted by Crippen LogP contribution is 2.50. The molecule has 4 rings (SSSR count). The van der Waals surface area contributed by atoms with Crippen molar-refractivity contribution in [3.8, 4) is 0 Å². The summed E-state index contributed by atoms with van der Waals surface area (Å²) in [6.45, 7) is -2.07. The molecule has 10 atom stereocenters. The molecule has 2 saturated heterocycles. The van der Waals surface area contributed by atoms with Gasteiger partial charge in [0.25, 0.3) is 0 Å². The van der Waals surface area contributed by atoms with Gasteiger partial charge < -0.3 is 55.4 Å². The van der Waals surface area contributed by atoms with Gasteiger partial charge in [-0.1, -0.05) is 72.3 Å². The number of rotatable bonds is 6. The predicted molar refractivity (Wildman–Crippen MR) is 134 cm³/mol. The molecule has 2 aliphatic rings. The normalized spacial score (nSPS) is 37.5. The third-order valence-electron chi connectivity index (χ3n) is 7.02. The van der Waals surface area contributed by atoms with Crippen molar-refractivity contribution < 1.29 is 73.0 Å². The molecule has 2 aromatic rings. The second kappa shape index (κ2) is 12.9. The van der Waals surface area contributed by atoms with Crippen LogP contribution < -0.4 is 0 Å². The summed E-state index contributed by atoms with van der Waals surface area (Å²) < 4.78 is 67.5. The second-order valence-electron chi connectivity index (χ2n) is 9.81. The molecular weight excluding hydrogens is 600 g/mol.